The number of thioether (sulfide) groups is 1. The molecule has 2 rings (SSSR count). The molecule has 2 atom stereocenters. The molecule has 1 saturated heterocycles. The Bertz CT molecular complexity index is 245. The Morgan fingerprint density at radius 3 is 3.13 bits per heavy atom. The van der Waals surface area contributed by atoms with Crippen molar-refractivity contribution in [2.45, 2.75) is 18.5 Å². The van der Waals surface area contributed by atoms with Gasteiger partial charge >= 0.3 is 0 Å². The van der Waals surface area contributed by atoms with Crippen molar-refractivity contribution >= 4 is 11.8 Å². The maximum absolute atomic E-state index is 5.67. The predicted octanol–water partition coefficient (Wildman–Crippen LogP) is 0.926. The Hall–Kier alpha value is -0.190. The van der Waals surface area contributed by atoms with Crippen molar-refractivity contribution in [3.05, 3.63) is 11.8 Å². The summed E-state index contributed by atoms with van der Waals surface area (Å²) < 4.78 is 5.67. The fourth-order valence-corrected chi connectivity index (χ4v) is 3.51. The Kier molecular flexibility index (Phi) is 3.94. The standard InChI is InChI=1S/C11H20N2OS/c1-12-11(10-4-3-6-14-10)9-8-15-7-5-13(9)2/h4,9,11-12H,3,5-8H2,1-2H3. The molecule has 0 spiro atoms. The maximum Gasteiger partial charge on any atom is 0.111 e. The first-order valence-electron chi connectivity index (χ1n) is 5.61. The first-order valence-corrected chi connectivity index (χ1v) is 6.76. The van der Waals surface area contributed by atoms with E-state index in [-0.39, 0.29) is 0 Å². The van der Waals surface area contributed by atoms with Gasteiger partial charge in [-0.25, -0.2) is 0 Å². The maximum atomic E-state index is 5.67. The highest BCUT2D eigenvalue weighted by atomic mass is 32.2. The van der Waals surface area contributed by atoms with Crippen LogP contribution >= 0.6 is 11.8 Å². The highest BCUT2D eigenvalue weighted by molar-refractivity contribution is 7.99. The molecule has 0 aromatic carbocycles. The zero-order valence-electron chi connectivity index (χ0n) is 9.53. The van der Waals surface area contributed by atoms with Gasteiger partial charge in [0.05, 0.1) is 12.6 Å². The lowest BCUT2D eigenvalue weighted by Crippen LogP contribution is -2.52. The average Bonchev–Trinajstić information content (AvgIpc) is 2.75. The largest absolute Gasteiger partial charge is 0.496 e. The normalized spacial score (nSPS) is 29.7. The Morgan fingerprint density at radius 2 is 2.53 bits per heavy atom. The van der Waals surface area contributed by atoms with Crippen LogP contribution in [-0.2, 0) is 4.74 Å². The molecule has 1 fully saturated rings. The van der Waals surface area contributed by atoms with E-state index in [2.05, 4.69) is 23.3 Å². The van der Waals surface area contributed by atoms with Crippen LogP contribution in [0.2, 0.25) is 0 Å². The Balaban J connectivity index is 2.03. The number of likely N-dealkylation sites (N-methyl/N-ethyl adjacent to an activating group) is 2. The molecule has 4 heteroatoms. The minimum Gasteiger partial charge on any atom is -0.496 e. The monoisotopic (exact) mass is 228 g/mol. The van der Waals surface area contributed by atoms with E-state index in [0.29, 0.717) is 12.1 Å². The number of hydrogen-bond donors (Lipinski definition) is 1. The highest BCUT2D eigenvalue weighted by Gasteiger charge is 2.31. The SMILES string of the molecule is CNC(C1=CCCO1)C1CSCCN1C. The number of nitrogens with zero attached hydrogens (tertiary/aromatic N) is 1. The smallest absolute Gasteiger partial charge is 0.111 e. The van der Waals surface area contributed by atoms with E-state index in [1.54, 1.807) is 0 Å². The van der Waals surface area contributed by atoms with Gasteiger partial charge in [0.25, 0.3) is 0 Å². The molecule has 0 saturated carbocycles. The summed E-state index contributed by atoms with van der Waals surface area (Å²) >= 11 is 2.04. The van der Waals surface area contributed by atoms with Crippen LogP contribution in [0.15, 0.2) is 11.8 Å². The molecule has 0 bridgehead atoms. The van der Waals surface area contributed by atoms with E-state index in [1.165, 1.54) is 18.1 Å². The third-order valence-electron chi connectivity index (χ3n) is 3.18. The lowest BCUT2D eigenvalue weighted by molar-refractivity contribution is 0.165. The van der Waals surface area contributed by atoms with Crippen LogP contribution in [0, 0.1) is 0 Å². The van der Waals surface area contributed by atoms with Gasteiger partial charge in [-0.2, -0.15) is 11.8 Å². The third-order valence-corrected chi connectivity index (χ3v) is 4.23. The lowest BCUT2D eigenvalue weighted by atomic mass is 10.1. The number of nitrogens with one attached hydrogen (secondary N) is 1. The molecular formula is C11H20N2OS. The van der Waals surface area contributed by atoms with Crippen LogP contribution < -0.4 is 5.32 Å². The summed E-state index contributed by atoms with van der Waals surface area (Å²) in [7, 11) is 4.24. The van der Waals surface area contributed by atoms with Crippen molar-refractivity contribution in [2.24, 2.45) is 0 Å². The molecule has 0 aromatic rings. The lowest BCUT2D eigenvalue weighted by Gasteiger charge is -2.37. The zero-order chi connectivity index (χ0) is 10.7. The van der Waals surface area contributed by atoms with Crippen LogP contribution in [0.1, 0.15) is 6.42 Å². The van der Waals surface area contributed by atoms with E-state index in [0.717, 1.165) is 18.8 Å². The van der Waals surface area contributed by atoms with Crippen molar-refractivity contribution < 1.29 is 4.74 Å². The highest BCUT2D eigenvalue weighted by Crippen LogP contribution is 2.23. The van der Waals surface area contributed by atoms with Gasteiger partial charge in [-0.1, -0.05) is 0 Å². The van der Waals surface area contributed by atoms with E-state index in [4.69, 9.17) is 4.74 Å². The molecule has 0 amide bonds. The molecule has 2 unspecified atom stereocenters. The molecule has 15 heavy (non-hydrogen) atoms. The van der Waals surface area contributed by atoms with Gasteiger partial charge in [-0.05, 0) is 20.2 Å². The molecule has 2 aliphatic rings. The average molecular weight is 228 g/mol. The van der Waals surface area contributed by atoms with Crippen LogP contribution in [0.5, 0.6) is 0 Å². The summed E-state index contributed by atoms with van der Waals surface area (Å²) in [4.78, 5) is 2.44. The van der Waals surface area contributed by atoms with Crippen molar-refractivity contribution in [2.75, 3.05) is 38.8 Å². The first kappa shape index (κ1) is 11.3. The second kappa shape index (κ2) is 5.23. The number of hydrogen-bond acceptors (Lipinski definition) is 4. The molecule has 1 N–H and O–H groups in total. The zero-order valence-corrected chi connectivity index (χ0v) is 10.3. The molecule has 0 radical (unpaired) electrons. The van der Waals surface area contributed by atoms with Crippen LogP contribution in [0.4, 0.5) is 0 Å². The number of ether oxygens (including phenoxy) is 1. The number of rotatable bonds is 3. The van der Waals surface area contributed by atoms with Crippen molar-refractivity contribution in [3.8, 4) is 0 Å². The van der Waals surface area contributed by atoms with Gasteiger partial charge in [0.2, 0.25) is 0 Å². The van der Waals surface area contributed by atoms with E-state index in [1.807, 2.05) is 18.8 Å². The van der Waals surface area contributed by atoms with Gasteiger partial charge in [0.15, 0.2) is 0 Å². The summed E-state index contributed by atoms with van der Waals surface area (Å²) in [5.74, 6) is 3.60. The predicted molar refractivity (Wildman–Crippen MR) is 65.2 cm³/mol. The van der Waals surface area contributed by atoms with Gasteiger partial charge in [-0.3, -0.25) is 4.90 Å². The van der Waals surface area contributed by atoms with E-state index < -0.39 is 0 Å². The van der Waals surface area contributed by atoms with Crippen molar-refractivity contribution in [1.82, 2.24) is 10.2 Å². The molecule has 0 aliphatic carbocycles. The van der Waals surface area contributed by atoms with Crippen molar-refractivity contribution in [3.63, 3.8) is 0 Å². The summed E-state index contributed by atoms with van der Waals surface area (Å²) in [5, 5.41) is 3.40. The summed E-state index contributed by atoms with van der Waals surface area (Å²) in [6.45, 7) is 2.04. The summed E-state index contributed by atoms with van der Waals surface area (Å²) in [6.07, 6.45) is 3.30. The molecular weight excluding hydrogens is 208 g/mol. The van der Waals surface area contributed by atoms with Gasteiger partial charge in [0, 0.05) is 30.5 Å². The minimum atomic E-state index is 0.366. The van der Waals surface area contributed by atoms with Crippen LogP contribution in [-0.4, -0.2) is 55.7 Å². The molecule has 2 heterocycles. The fraction of sp³-hybridized carbons (Fsp3) is 0.818. The summed E-state index contributed by atoms with van der Waals surface area (Å²) in [6, 6.07) is 0.934. The van der Waals surface area contributed by atoms with Crippen LogP contribution in [0.3, 0.4) is 0 Å². The quantitative estimate of drug-likeness (QED) is 0.776. The molecule has 3 nitrogen and oxygen atoms in total. The second-order valence-electron chi connectivity index (χ2n) is 4.13. The third kappa shape index (κ3) is 2.49. The van der Waals surface area contributed by atoms with Gasteiger partial charge in [-0.15, -0.1) is 0 Å². The Morgan fingerprint density at radius 1 is 1.67 bits per heavy atom. The van der Waals surface area contributed by atoms with E-state index >= 15 is 0 Å². The first-order chi connectivity index (χ1) is 7.33. The minimum absolute atomic E-state index is 0.366. The van der Waals surface area contributed by atoms with Gasteiger partial charge in [0.1, 0.15) is 5.76 Å². The topological polar surface area (TPSA) is 24.5 Å². The molecule has 0 aromatic heterocycles. The van der Waals surface area contributed by atoms with Gasteiger partial charge < -0.3 is 10.1 Å². The second-order valence-corrected chi connectivity index (χ2v) is 5.28. The van der Waals surface area contributed by atoms with Crippen LogP contribution in [0.25, 0.3) is 0 Å². The van der Waals surface area contributed by atoms with E-state index in [9.17, 15) is 0 Å². The Labute approximate surface area is 96.2 Å². The molecule has 2 aliphatic heterocycles. The molecule has 86 valence electrons. The fourth-order valence-electron chi connectivity index (χ4n) is 2.23. The van der Waals surface area contributed by atoms with Crippen molar-refractivity contribution in [1.29, 1.82) is 0 Å². The summed E-state index contributed by atoms with van der Waals surface area (Å²) in [5.41, 5.74) is 0.